The molecule has 1 saturated heterocycles. The van der Waals surface area contributed by atoms with Crippen LogP contribution in [-0.2, 0) is 9.59 Å². The summed E-state index contributed by atoms with van der Waals surface area (Å²) in [4.78, 5) is 27.7. The Morgan fingerprint density at radius 3 is 2.32 bits per heavy atom. The fraction of sp³-hybridized carbons (Fsp3) is 0.857. The standard InChI is InChI=1S/C14H25N3O2/c1-9(2)13(15)14(19)16-7-6-12(8-16)17(10(3)18)11-4-5-11/h9,11-13H,4-8,15H2,1-3H3/t12-,13-/m0/s1. The largest absolute Gasteiger partial charge is 0.339 e. The summed E-state index contributed by atoms with van der Waals surface area (Å²) in [5, 5.41) is 0. The van der Waals surface area contributed by atoms with Gasteiger partial charge in [-0.3, -0.25) is 9.59 Å². The zero-order chi connectivity index (χ0) is 14.2. The van der Waals surface area contributed by atoms with E-state index in [0.29, 0.717) is 12.6 Å². The number of hydrogen-bond acceptors (Lipinski definition) is 3. The van der Waals surface area contributed by atoms with Crippen molar-refractivity contribution in [1.29, 1.82) is 0 Å². The van der Waals surface area contributed by atoms with E-state index in [4.69, 9.17) is 5.73 Å². The Balaban J connectivity index is 1.95. The molecule has 0 unspecified atom stereocenters. The van der Waals surface area contributed by atoms with Crippen molar-refractivity contribution >= 4 is 11.8 Å². The number of nitrogens with two attached hydrogens (primary N) is 1. The Bertz CT molecular complexity index is 366. The second-order valence-electron chi connectivity index (χ2n) is 6.15. The lowest BCUT2D eigenvalue weighted by atomic mass is 10.0. The monoisotopic (exact) mass is 267 g/mol. The van der Waals surface area contributed by atoms with E-state index in [2.05, 4.69) is 0 Å². The van der Waals surface area contributed by atoms with E-state index in [-0.39, 0.29) is 23.8 Å². The molecule has 2 fully saturated rings. The molecule has 0 bridgehead atoms. The molecule has 1 heterocycles. The minimum Gasteiger partial charge on any atom is -0.339 e. The quantitative estimate of drug-likeness (QED) is 0.810. The third kappa shape index (κ3) is 3.08. The van der Waals surface area contributed by atoms with E-state index in [1.54, 1.807) is 6.92 Å². The van der Waals surface area contributed by atoms with Crippen LogP contribution in [0.5, 0.6) is 0 Å². The van der Waals surface area contributed by atoms with Gasteiger partial charge in [0.1, 0.15) is 0 Å². The third-order valence-electron chi connectivity index (χ3n) is 4.18. The molecule has 0 radical (unpaired) electrons. The summed E-state index contributed by atoms with van der Waals surface area (Å²) < 4.78 is 0. The molecule has 0 aromatic heterocycles. The van der Waals surface area contributed by atoms with Gasteiger partial charge in [0.05, 0.1) is 12.1 Å². The topological polar surface area (TPSA) is 66.6 Å². The number of carbonyl (C=O) groups is 2. The first kappa shape index (κ1) is 14.3. The number of likely N-dealkylation sites (tertiary alicyclic amines) is 1. The highest BCUT2D eigenvalue weighted by Crippen LogP contribution is 2.31. The molecule has 0 spiro atoms. The Hall–Kier alpha value is -1.10. The van der Waals surface area contributed by atoms with Crippen molar-refractivity contribution in [3.8, 4) is 0 Å². The first-order chi connectivity index (χ1) is 8.91. The SMILES string of the molecule is CC(=O)N(C1CC1)[C@H]1CCN(C(=O)[C@@H](N)C(C)C)C1. The summed E-state index contributed by atoms with van der Waals surface area (Å²) in [5.74, 6) is 0.311. The molecule has 0 aromatic rings. The molecule has 5 heteroatoms. The van der Waals surface area contributed by atoms with Gasteiger partial charge in [0.15, 0.2) is 0 Å². The Labute approximate surface area is 115 Å². The van der Waals surface area contributed by atoms with Crippen LogP contribution in [0, 0.1) is 5.92 Å². The van der Waals surface area contributed by atoms with Crippen molar-refractivity contribution in [3.05, 3.63) is 0 Å². The Morgan fingerprint density at radius 2 is 1.84 bits per heavy atom. The van der Waals surface area contributed by atoms with E-state index in [1.807, 2.05) is 23.6 Å². The molecule has 1 aliphatic carbocycles. The van der Waals surface area contributed by atoms with Gasteiger partial charge in [-0.15, -0.1) is 0 Å². The lowest BCUT2D eigenvalue weighted by Gasteiger charge is -2.29. The first-order valence-corrected chi connectivity index (χ1v) is 7.25. The summed E-state index contributed by atoms with van der Waals surface area (Å²) in [6.07, 6.45) is 3.09. The van der Waals surface area contributed by atoms with Crippen LogP contribution in [-0.4, -0.2) is 52.8 Å². The van der Waals surface area contributed by atoms with Crippen molar-refractivity contribution < 1.29 is 9.59 Å². The van der Waals surface area contributed by atoms with Crippen LogP contribution in [0.25, 0.3) is 0 Å². The highest BCUT2D eigenvalue weighted by Gasteiger charge is 2.40. The molecule has 2 amide bonds. The second kappa shape index (κ2) is 5.49. The maximum absolute atomic E-state index is 12.2. The molecule has 19 heavy (non-hydrogen) atoms. The van der Waals surface area contributed by atoms with Crippen LogP contribution in [0.15, 0.2) is 0 Å². The van der Waals surface area contributed by atoms with Crippen LogP contribution in [0.3, 0.4) is 0 Å². The van der Waals surface area contributed by atoms with E-state index in [9.17, 15) is 9.59 Å². The number of rotatable bonds is 4. The summed E-state index contributed by atoms with van der Waals surface area (Å²) in [6, 6.07) is 0.176. The normalized spacial score (nSPS) is 24.7. The molecule has 2 aliphatic rings. The highest BCUT2D eigenvalue weighted by molar-refractivity contribution is 5.82. The minimum absolute atomic E-state index is 0.0248. The predicted octanol–water partition coefficient (Wildman–Crippen LogP) is 0.582. The number of amides is 2. The Morgan fingerprint density at radius 1 is 1.21 bits per heavy atom. The average Bonchev–Trinajstić information content (AvgIpc) is 3.04. The van der Waals surface area contributed by atoms with Gasteiger partial charge in [-0.05, 0) is 25.2 Å². The smallest absolute Gasteiger partial charge is 0.239 e. The molecule has 2 rings (SSSR count). The summed E-state index contributed by atoms with van der Waals surface area (Å²) >= 11 is 0. The van der Waals surface area contributed by atoms with Gasteiger partial charge in [-0.1, -0.05) is 13.8 Å². The van der Waals surface area contributed by atoms with E-state index < -0.39 is 6.04 Å². The van der Waals surface area contributed by atoms with Crippen LogP contribution < -0.4 is 5.73 Å². The molecule has 2 atom stereocenters. The molecule has 2 N–H and O–H groups in total. The molecule has 108 valence electrons. The van der Waals surface area contributed by atoms with Gasteiger partial charge in [0.25, 0.3) is 0 Å². The van der Waals surface area contributed by atoms with Crippen LogP contribution in [0.4, 0.5) is 0 Å². The van der Waals surface area contributed by atoms with E-state index in [1.165, 1.54) is 0 Å². The molecule has 1 saturated carbocycles. The summed E-state index contributed by atoms with van der Waals surface area (Å²) in [7, 11) is 0. The lowest BCUT2D eigenvalue weighted by Crippen LogP contribution is -2.48. The van der Waals surface area contributed by atoms with Gasteiger partial charge in [0.2, 0.25) is 11.8 Å². The van der Waals surface area contributed by atoms with Crippen molar-refractivity contribution in [2.75, 3.05) is 13.1 Å². The van der Waals surface area contributed by atoms with Crippen molar-refractivity contribution in [1.82, 2.24) is 9.80 Å². The van der Waals surface area contributed by atoms with Gasteiger partial charge < -0.3 is 15.5 Å². The second-order valence-corrected chi connectivity index (χ2v) is 6.15. The van der Waals surface area contributed by atoms with Crippen LogP contribution in [0.2, 0.25) is 0 Å². The van der Waals surface area contributed by atoms with E-state index >= 15 is 0 Å². The van der Waals surface area contributed by atoms with Gasteiger partial charge in [-0.2, -0.15) is 0 Å². The molecular formula is C14H25N3O2. The zero-order valence-electron chi connectivity index (χ0n) is 12.1. The molecule has 0 aromatic carbocycles. The van der Waals surface area contributed by atoms with Gasteiger partial charge >= 0.3 is 0 Å². The van der Waals surface area contributed by atoms with Crippen molar-refractivity contribution in [3.63, 3.8) is 0 Å². The molecule has 5 nitrogen and oxygen atoms in total. The third-order valence-corrected chi connectivity index (χ3v) is 4.18. The minimum atomic E-state index is -0.426. The lowest BCUT2D eigenvalue weighted by molar-refractivity contribution is -0.135. The zero-order valence-corrected chi connectivity index (χ0v) is 12.1. The van der Waals surface area contributed by atoms with Gasteiger partial charge in [0, 0.05) is 26.1 Å². The van der Waals surface area contributed by atoms with Crippen LogP contribution >= 0.6 is 0 Å². The van der Waals surface area contributed by atoms with Crippen molar-refractivity contribution in [2.24, 2.45) is 11.7 Å². The van der Waals surface area contributed by atoms with Crippen molar-refractivity contribution in [2.45, 2.75) is 58.2 Å². The number of carbonyl (C=O) groups excluding carboxylic acids is 2. The predicted molar refractivity (Wildman–Crippen MR) is 73.3 cm³/mol. The summed E-state index contributed by atoms with van der Waals surface area (Å²) in [6.45, 7) is 6.92. The first-order valence-electron chi connectivity index (χ1n) is 7.25. The van der Waals surface area contributed by atoms with Gasteiger partial charge in [-0.25, -0.2) is 0 Å². The average molecular weight is 267 g/mol. The molecule has 1 aliphatic heterocycles. The van der Waals surface area contributed by atoms with E-state index in [0.717, 1.165) is 25.8 Å². The fourth-order valence-electron chi connectivity index (χ4n) is 2.83. The summed E-state index contributed by atoms with van der Waals surface area (Å²) in [5.41, 5.74) is 5.92. The number of hydrogen-bond donors (Lipinski definition) is 1. The highest BCUT2D eigenvalue weighted by atomic mass is 16.2. The maximum Gasteiger partial charge on any atom is 0.239 e. The van der Waals surface area contributed by atoms with Crippen LogP contribution in [0.1, 0.15) is 40.0 Å². The number of nitrogens with zero attached hydrogens (tertiary/aromatic N) is 2. The Kier molecular flexibility index (Phi) is 4.13. The fourth-order valence-corrected chi connectivity index (χ4v) is 2.83. The molecular weight excluding hydrogens is 242 g/mol. The maximum atomic E-state index is 12.2.